The summed E-state index contributed by atoms with van der Waals surface area (Å²) in [6.07, 6.45) is 0. The third kappa shape index (κ3) is 4.15. The van der Waals surface area contributed by atoms with Gasteiger partial charge in [0, 0.05) is 25.0 Å². The van der Waals surface area contributed by atoms with Crippen LogP contribution in [0.3, 0.4) is 0 Å². The minimum atomic E-state index is 0.184. The number of aliphatic hydroxyl groups excluding tert-OH is 1. The highest BCUT2D eigenvalue weighted by atomic mass is 16.3. The Balaban J connectivity index is 1.98. The molecule has 1 aromatic heterocycles. The smallest absolute Gasteiger partial charge is 0.126 e. The van der Waals surface area contributed by atoms with Gasteiger partial charge >= 0.3 is 0 Å². The van der Waals surface area contributed by atoms with Crippen LogP contribution < -0.4 is 5.32 Å². The summed E-state index contributed by atoms with van der Waals surface area (Å²) in [4.78, 5) is 6.70. The van der Waals surface area contributed by atoms with Crippen molar-refractivity contribution in [1.29, 1.82) is 5.26 Å². The van der Waals surface area contributed by atoms with Crippen molar-refractivity contribution in [2.24, 2.45) is 0 Å². The predicted molar refractivity (Wildman–Crippen MR) is 84.1 cm³/mol. The van der Waals surface area contributed by atoms with Crippen molar-refractivity contribution in [2.75, 3.05) is 38.1 Å². The summed E-state index contributed by atoms with van der Waals surface area (Å²) in [6.45, 7) is 5.53. The lowest BCUT2D eigenvalue weighted by Crippen LogP contribution is -2.31. The van der Waals surface area contributed by atoms with Crippen LogP contribution in [0.1, 0.15) is 12.5 Å². The molecule has 2 N–H and O–H groups in total. The van der Waals surface area contributed by atoms with Crippen molar-refractivity contribution >= 4 is 16.7 Å². The van der Waals surface area contributed by atoms with Crippen molar-refractivity contribution in [2.45, 2.75) is 6.92 Å². The van der Waals surface area contributed by atoms with Crippen LogP contribution in [-0.2, 0) is 0 Å². The number of anilines is 1. The minimum absolute atomic E-state index is 0.184. The number of pyridine rings is 1. The summed E-state index contributed by atoms with van der Waals surface area (Å²) in [5, 5.41) is 22.1. The second-order valence-electron chi connectivity index (χ2n) is 4.80. The third-order valence-electron chi connectivity index (χ3n) is 3.42. The first-order valence-corrected chi connectivity index (χ1v) is 7.15. The Hall–Kier alpha value is -2.16. The van der Waals surface area contributed by atoms with Crippen LogP contribution in [0.2, 0.25) is 0 Å². The van der Waals surface area contributed by atoms with Crippen LogP contribution >= 0.6 is 0 Å². The lowest BCUT2D eigenvalue weighted by Gasteiger charge is -2.19. The molecule has 0 spiro atoms. The van der Waals surface area contributed by atoms with Crippen LogP contribution in [-0.4, -0.2) is 47.8 Å². The Labute approximate surface area is 124 Å². The van der Waals surface area contributed by atoms with Crippen molar-refractivity contribution in [3.8, 4) is 6.07 Å². The number of aromatic nitrogens is 1. The Morgan fingerprint density at radius 3 is 2.86 bits per heavy atom. The zero-order chi connectivity index (χ0) is 15.1. The monoisotopic (exact) mass is 284 g/mol. The Bertz CT molecular complexity index is 636. The molecule has 0 saturated carbocycles. The van der Waals surface area contributed by atoms with Gasteiger partial charge in [0.1, 0.15) is 5.82 Å². The van der Waals surface area contributed by atoms with Crippen LogP contribution in [0.4, 0.5) is 5.82 Å². The molecule has 2 rings (SSSR count). The van der Waals surface area contributed by atoms with Gasteiger partial charge in [-0.25, -0.2) is 4.98 Å². The van der Waals surface area contributed by atoms with E-state index in [1.165, 1.54) is 0 Å². The molecule has 0 aliphatic rings. The van der Waals surface area contributed by atoms with Gasteiger partial charge in [0.25, 0.3) is 0 Å². The van der Waals surface area contributed by atoms with Gasteiger partial charge in [-0.2, -0.15) is 5.26 Å². The highest BCUT2D eigenvalue weighted by molar-refractivity contribution is 5.81. The van der Waals surface area contributed by atoms with E-state index >= 15 is 0 Å². The molecule has 0 bridgehead atoms. The maximum atomic E-state index is 8.95. The van der Waals surface area contributed by atoms with Crippen LogP contribution in [0, 0.1) is 11.3 Å². The maximum Gasteiger partial charge on any atom is 0.126 e. The molecule has 0 unspecified atom stereocenters. The number of nitrogens with one attached hydrogen (secondary N) is 1. The van der Waals surface area contributed by atoms with E-state index in [4.69, 9.17) is 10.4 Å². The van der Waals surface area contributed by atoms with Gasteiger partial charge in [0.15, 0.2) is 0 Å². The Kier molecular flexibility index (Phi) is 5.50. The molecule has 0 aliphatic heterocycles. The molecule has 21 heavy (non-hydrogen) atoms. The van der Waals surface area contributed by atoms with Crippen LogP contribution in [0.5, 0.6) is 0 Å². The van der Waals surface area contributed by atoms with Gasteiger partial charge in [-0.1, -0.05) is 6.92 Å². The van der Waals surface area contributed by atoms with E-state index in [9.17, 15) is 0 Å². The van der Waals surface area contributed by atoms with Gasteiger partial charge in [-0.3, -0.25) is 4.90 Å². The molecule has 1 heterocycles. The minimum Gasteiger partial charge on any atom is -0.395 e. The number of aliphatic hydroxyl groups is 1. The second-order valence-corrected chi connectivity index (χ2v) is 4.80. The topological polar surface area (TPSA) is 72.2 Å². The summed E-state index contributed by atoms with van der Waals surface area (Å²) < 4.78 is 0. The third-order valence-corrected chi connectivity index (χ3v) is 3.42. The van der Waals surface area contributed by atoms with Crippen LogP contribution in [0.15, 0.2) is 30.3 Å². The highest BCUT2D eigenvalue weighted by Gasteiger charge is 2.02. The Morgan fingerprint density at radius 2 is 2.14 bits per heavy atom. The normalized spacial score (nSPS) is 10.8. The first-order valence-electron chi connectivity index (χ1n) is 7.15. The average molecular weight is 284 g/mol. The van der Waals surface area contributed by atoms with E-state index in [-0.39, 0.29) is 6.61 Å². The number of hydrogen-bond acceptors (Lipinski definition) is 5. The molecule has 1 aromatic carbocycles. The maximum absolute atomic E-state index is 8.95. The number of benzene rings is 1. The van der Waals surface area contributed by atoms with E-state index in [1.807, 2.05) is 24.3 Å². The van der Waals surface area contributed by atoms with Gasteiger partial charge in [0.2, 0.25) is 0 Å². The number of nitrogens with zero attached hydrogens (tertiary/aromatic N) is 3. The summed E-state index contributed by atoms with van der Waals surface area (Å²) in [5.41, 5.74) is 1.52. The van der Waals surface area contributed by atoms with Crippen molar-refractivity contribution in [1.82, 2.24) is 9.88 Å². The number of fused-ring (bicyclic) bond motifs is 1. The molecule has 0 fully saturated rings. The molecule has 5 heteroatoms. The number of likely N-dealkylation sites (N-methyl/N-ethyl adjacent to an activating group) is 1. The fraction of sp³-hybridized carbons (Fsp3) is 0.375. The zero-order valence-electron chi connectivity index (χ0n) is 12.2. The molecule has 0 atom stereocenters. The molecule has 0 radical (unpaired) electrons. The first kappa shape index (κ1) is 15.2. The van der Waals surface area contributed by atoms with Crippen molar-refractivity contribution in [3.05, 3.63) is 35.9 Å². The van der Waals surface area contributed by atoms with E-state index in [1.54, 1.807) is 6.07 Å². The molecular formula is C16H20N4O. The Morgan fingerprint density at radius 1 is 1.29 bits per heavy atom. The lowest BCUT2D eigenvalue weighted by molar-refractivity contribution is 0.206. The average Bonchev–Trinajstić information content (AvgIpc) is 2.53. The quantitative estimate of drug-likeness (QED) is 0.811. The van der Waals surface area contributed by atoms with Crippen LogP contribution in [0.25, 0.3) is 10.9 Å². The van der Waals surface area contributed by atoms with E-state index < -0.39 is 0 Å². The summed E-state index contributed by atoms with van der Waals surface area (Å²) >= 11 is 0. The number of hydrogen-bond donors (Lipinski definition) is 2. The van der Waals surface area contributed by atoms with Gasteiger partial charge in [0.05, 0.1) is 23.8 Å². The molecule has 0 aliphatic carbocycles. The van der Waals surface area contributed by atoms with Crippen molar-refractivity contribution in [3.63, 3.8) is 0 Å². The van der Waals surface area contributed by atoms with Gasteiger partial charge < -0.3 is 10.4 Å². The largest absolute Gasteiger partial charge is 0.395 e. The molecule has 0 saturated heterocycles. The standard InChI is InChI=1S/C16H20N4O/c1-2-20(9-10-21)8-7-18-16-6-4-14-11-13(12-17)3-5-15(14)19-16/h3-6,11,21H,2,7-10H2,1H3,(H,18,19). The van der Waals surface area contributed by atoms with Gasteiger partial charge in [-0.05, 0) is 36.9 Å². The van der Waals surface area contributed by atoms with Crippen molar-refractivity contribution < 1.29 is 5.11 Å². The fourth-order valence-electron chi connectivity index (χ4n) is 2.21. The van der Waals surface area contributed by atoms with E-state index in [0.29, 0.717) is 12.1 Å². The molecule has 110 valence electrons. The van der Waals surface area contributed by atoms with E-state index in [0.717, 1.165) is 36.4 Å². The number of nitriles is 1. The van der Waals surface area contributed by atoms with E-state index in [2.05, 4.69) is 28.2 Å². The summed E-state index contributed by atoms with van der Waals surface area (Å²) in [5.74, 6) is 0.826. The molecule has 2 aromatic rings. The summed E-state index contributed by atoms with van der Waals surface area (Å²) in [7, 11) is 0. The second kappa shape index (κ2) is 7.58. The molecular weight excluding hydrogens is 264 g/mol. The highest BCUT2D eigenvalue weighted by Crippen LogP contribution is 2.16. The predicted octanol–water partition coefficient (Wildman–Crippen LogP) is 1.83. The molecule has 0 amide bonds. The zero-order valence-corrected chi connectivity index (χ0v) is 12.2. The summed E-state index contributed by atoms with van der Waals surface area (Å²) in [6, 6.07) is 11.5. The SMILES string of the molecule is CCN(CCO)CCNc1ccc2cc(C#N)ccc2n1. The number of rotatable bonds is 7. The lowest BCUT2D eigenvalue weighted by atomic mass is 10.1. The molecule has 5 nitrogen and oxygen atoms in total. The fourth-order valence-corrected chi connectivity index (χ4v) is 2.21. The van der Waals surface area contributed by atoms with Gasteiger partial charge in [-0.15, -0.1) is 0 Å². The first-order chi connectivity index (χ1) is 10.3.